The van der Waals surface area contributed by atoms with Crippen LogP contribution in [0.15, 0.2) is 44.6 Å². The van der Waals surface area contributed by atoms with Gasteiger partial charge in [-0.05, 0) is 12.1 Å². The average molecular weight is 433 g/mol. The lowest BCUT2D eigenvalue weighted by Gasteiger charge is -2.08. The molecule has 2 heterocycles. The number of halogens is 3. The number of aromatic nitrogens is 2. The van der Waals surface area contributed by atoms with E-state index in [1.54, 1.807) is 4.72 Å². The molecule has 1 aromatic carbocycles. The van der Waals surface area contributed by atoms with Crippen LogP contribution in [0.1, 0.15) is 0 Å². The third-order valence-electron chi connectivity index (χ3n) is 3.11. The van der Waals surface area contributed by atoms with Crippen LogP contribution in [-0.2, 0) is 10.0 Å². The van der Waals surface area contributed by atoms with Crippen LogP contribution in [0.2, 0.25) is 10.3 Å². The number of anilines is 1. The molecule has 0 saturated heterocycles. The number of fused-ring (bicyclic) bond motifs is 1. The summed E-state index contributed by atoms with van der Waals surface area (Å²) >= 11 is 11.3. The second-order valence-corrected chi connectivity index (χ2v) is 7.39. The zero-order valence-corrected chi connectivity index (χ0v) is 15.2. The Labute approximate surface area is 160 Å². The predicted molar refractivity (Wildman–Crippen MR) is 93.8 cm³/mol. The highest BCUT2D eigenvalue weighted by Gasteiger charge is 2.24. The van der Waals surface area contributed by atoms with Crippen LogP contribution in [0, 0.1) is 5.82 Å². The van der Waals surface area contributed by atoms with Gasteiger partial charge in [0.15, 0.2) is 4.90 Å². The number of carbonyl (C=O) groups is 1. The van der Waals surface area contributed by atoms with Gasteiger partial charge in [0.05, 0.1) is 5.39 Å². The fourth-order valence-corrected chi connectivity index (χ4v) is 3.38. The minimum absolute atomic E-state index is 0.0874. The molecule has 27 heavy (non-hydrogen) atoms. The largest absolute Gasteiger partial charge is 0.463 e. The Morgan fingerprint density at radius 3 is 2.48 bits per heavy atom. The van der Waals surface area contributed by atoms with E-state index in [-0.39, 0.29) is 27.2 Å². The van der Waals surface area contributed by atoms with Gasteiger partial charge in [-0.15, -0.1) is 0 Å². The van der Waals surface area contributed by atoms with Gasteiger partial charge in [-0.3, -0.25) is 10.1 Å². The van der Waals surface area contributed by atoms with Crippen LogP contribution in [-0.4, -0.2) is 24.4 Å². The molecule has 0 spiro atoms. The first-order valence-electron chi connectivity index (χ1n) is 6.91. The van der Waals surface area contributed by atoms with Gasteiger partial charge in [0.1, 0.15) is 28.0 Å². The fraction of sp³-hybridized carbons (Fsp3) is 0. The Morgan fingerprint density at radius 2 is 1.81 bits per heavy atom. The highest BCUT2D eigenvalue weighted by Crippen LogP contribution is 2.16. The van der Waals surface area contributed by atoms with Gasteiger partial charge in [0.2, 0.25) is 11.4 Å². The van der Waals surface area contributed by atoms with Gasteiger partial charge in [0.25, 0.3) is 10.0 Å². The Morgan fingerprint density at radius 1 is 1.15 bits per heavy atom. The number of hydrogen-bond donors (Lipinski definition) is 2. The summed E-state index contributed by atoms with van der Waals surface area (Å²) in [5.41, 5.74) is -1.12. The molecule has 0 aliphatic heterocycles. The molecule has 3 rings (SSSR count). The summed E-state index contributed by atoms with van der Waals surface area (Å²) < 4.78 is 44.3. The summed E-state index contributed by atoms with van der Waals surface area (Å²) in [6.45, 7) is 0. The Bertz CT molecular complexity index is 1210. The van der Waals surface area contributed by atoms with Crippen molar-refractivity contribution in [1.29, 1.82) is 0 Å². The number of hydrogen-bond acceptors (Lipinski definition) is 7. The molecule has 2 aromatic heterocycles. The lowest BCUT2D eigenvalue weighted by atomic mass is 10.2. The molecule has 0 aliphatic rings. The molecule has 13 heteroatoms. The second-order valence-electron chi connectivity index (χ2n) is 4.97. The summed E-state index contributed by atoms with van der Waals surface area (Å²) in [5, 5.41) is 1.66. The maximum absolute atomic E-state index is 13.2. The van der Waals surface area contributed by atoms with E-state index in [2.05, 4.69) is 9.97 Å². The number of nitrogens with zero attached hydrogens (tertiary/aromatic N) is 2. The summed E-state index contributed by atoms with van der Waals surface area (Å²) in [6.07, 6.45) is 0.604. The lowest BCUT2D eigenvalue weighted by Crippen LogP contribution is -2.37. The molecule has 0 aliphatic carbocycles. The number of benzene rings is 1. The van der Waals surface area contributed by atoms with Gasteiger partial charge in [-0.2, -0.15) is 0 Å². The molecule has 2 amide bonds. The van der Waals surface area contributed by atoms with Crippen molar-refractivity contribution >= 4 is 56.2 Å². The fourth-order valence-electron chi connectivity index (χ4n) is 2.02. The number of urea groups is 1. The highest BCUT2D eigenvalue weighted by atomic mass is 35.5. The van der Waals surface area contributed by atoms with Crippen molar-refractivity contribution < 1.29 is 22.0 Å². The molecule has 0 saturated carbocycles. The van der Waals surface area contributed by atoms with Crippen LogP contribution >= 0.6 is 23.2 Å². The van der Waals surface area contributed by atoms with Crippen molar-refractivity contribution in [1.82, 2.24) is 14.7 Å². The van der Waals surface area contributed by atoms with E-state index in [0.717, 1.165) is 18.2 Å². The maximum atomic E-state index is 13.2. The molecule has 0 unspecified atom stereocenters. The van der Waals surface area contributed by atoms with Crippen LogP contribution in [0.25, 0.3) is 11.0 Å². The summed E-state index contributed by atoms with van der Waals surface area (Å²) in [6, 6.07) is 2.89. The van der Waals surface area contributed by atoms with E-state index in [4.69, 9.17) is 27.6 Å². The number of amides is 2. The molecule has 9 nitrogen and oxygen atoms in total. The summed E-state index contributed by atoms with van der Waals surface area (Å²) in [5.74, 6) is -1.03. The number of nitrogens with one attached hydrogen (secondary N) is 2. The quantitative estimate of drug-likeness (QED) is 0.607. The van der Waals surface area contributed by atoms with E-state index in [0.29, 0.717) is 6.26 Å². The molecule has 0 bridgehead atoms. The van der Waals surface area contributed by atoms with Crippen LogP contribution in [0.4, 0.5) is 15.1 Å². The number of carbonyl (C=O) groups excluding carboxylic acids is 1. The normalized spacial score (nSPS) is 11.4. The molecule has 0 radical (unpaired) electrons. The van der Waals surface area contributed by atoms with Crippen molar-refractivity contribution in [3.63, 3.8) is 0 Å². The average Bonchev–Trinajstić information content (AvgIpc) is 2.52. The van der Waals surface area contributed by atoms with E-state index in [1.165, 1.54) is 6.07 Å². The molecular formula is C14H7Cl2FN4O5S. The molecular weight excluding hydrogens is 426 g/mol. The van der Waals surface area contributed by atoms with Gasteiger partial charge >= 0.3 is 6.03 Å². The van der Waals surface area contributed by atoms with Crippen molar-refractivity contribution in [2.24, 2.45) is 0 Å². The number of sulfonamides is 1. The molecule has 0 atom stereocenters. The standard InChI is InChI=1S/C14H7Cl2FN4O5S/c15-10-4-11(16)19-13(18-10)20-14(23)21-27(24,25)9-5-26-8-3-6(17)1-2-7(8)12(9)22/h1-5H,(H2,18,19,20,21,23). The molecule has 2 N–H and O–H groups in total. The number of rotatable bonds is 3. The summed E-state index contributed by atoms with van der Waals surface area (Å²) in [4.78, 5) is 30.6. The molecule has 0 fully saturated rings. The van der Waals surface area contributed by atoms with E-state index < -0.39 is 32.2 Å². The highest BCUT2D eigenvalue weighted by molar-refractivity contribution is 7.90. The Balaban J connectivity index is 1.89. The molecule has 3 aromatic rings. The van der Waals surface area contributed by atoms with Crippen molar-refractivity contribution in [3.05, 3.63) is 56.9 Å². The van der Waals surface area contributed by atoms with E-state index >= 15 is 0 Å². The maximum Gasteiger partial charge on any atom is 0.335 e. The van der Waals surface area contributed by atoms with Gasteiger partial charge in [-0.1, -0.05) is 23.2 Å². The van der Waals surface area contributed by atoms with Gasteiger partial charge < -0.3 is 4.42 Å². The van der Waals surface area contributed by atoms with Crippen LogP contribution in [0.5, 0.6) is 0 Å². The first-order valence-corrected chi connectivity index (χ1v) is 9.14. The van der Waals surface area contributed by atoms with Gasteiger partial charge in [-0.25, -0.2) is 32.3 Å². The first-order chi connectivity index (χ1) is 12.7. The lowest BCUT2D eigenvalue weighted by molar-refractivity contribution is 0.256. The van der Waals surface area contributed by atoms with E-state index in [1.807, 2.05) is 5.32 Å². The summed E-state index contributed by atoms with van der Waals surface area (Å²) in [7, 11) is -4.62. The first kappa shape index (κ1) is 19.0. The van der Waals surface area contributed by atoms with Crippen molar-refractivity contribution in [3.8, 4) is 0 Å². The SMILES string of the molecule is O=C(Nc1nc(Cl)cc(Cl)n1)NS(=O)(=O)c1coc2cc(F)ccc2c1=O. The zero-order chi connectivity index (χ0) is 19.8. The third kappa shape index (κ3) is 4.15. The Hall–Kier alpha value is -2.76. The van der Waals surface area contributed by atoms with Crippen molar-refractivity contribution in [2.75, 3.05) is 5.32 Å². The monoisotopic (exact) mass is 432 g/mol. The van der Waals surface area contributed by atoms with E-state index in [9.17, 15) is 22.4 Å². The third-order valence-corrected chi connectivity index (χ3v) is 4.81. The van der Waals surface area contributed by atoms with Crippen LogP contribution < -0.4 is 15.5 Å². The second kappa shape index (κ2) is 7.10. The smallest absolute Gasteiger partial charge is 0.335 e. The topological polar surface area (TPSA) is 131 Å². The molecule has 140 valence electrons. The van der Waals surface area contributed by atoms with Gasteiger partial charge in [0, 0.05) is 12.1 Å². The van der Waals surface area contributed by atoms with Crippen molar-refractivity contribution in [2.45, 2.75) is 4.90 Å². The minimum Gasteiger partial charge on any atom is -0.463 e. The van der Waals surface area contributed by atoms with Crippen LogP contribution in [0.3, 0.4) is 0 Å². The predicted octanol–water partition coefficient (Wildman–Crippen LogP) is 2.54. The zero-order valence-electron chi connectivity index (χ0n) is 12.9. The minimum atomic E-state index is -4.62. The Kier molecular flexibility index (Phi) is 5.00.